The summed E-state index contributed by atoms with van der Waals surface area (Å²) in [4.78, 5) is 15.5. The number of rotatable bonds is 4. The zero-order valence-corrected chi connectivity index (χ0v) is 17.4. The summed E-state index contributed by atoms with van der Waals surface area (Å²) in [7, 11) is 2.16. The summed E-state index contributed by atoms with van der Waals surface area (Å²) in [5, 5.41) is 0. The van der Waals surface area contributed by atoms with Gasteiger partial charge in [-0.15, -0.1) is 0 Å². The standard InChI is InChI=1S/C23H27N5O/c1-14-9-17(10-18-13-28(4)8-6-20(14)18)21-12-26-22(24)23(27-21)29-16(3)19-5-7-25-11-15(19)2/h5,7,9-12,16H,6,8,13H2,1-4H3,(H2,24,26). The molecule has 1 aliphatic heterocycles. The van der Waals surface area contributed by atoms with E-state index >= 15 is 0 Å². The molecule has 150 valence electrons. The Bertz CT molecular complexity index is 1050. The predicted molar refractivity (Wildman–Crippen MR) is 115 cm³/mol. The minimum Gasteiger partial charge on any atom is -0.467 e. The maximum atomic E-state index is 6.10. The van der Waals surface area contributed by atoms with Gasteiger partial charge in [-0.3, -0.25) is 4.98 Å². The first kappa shape index (κ1) is 19.3. The Labute approximate surface area is 171 Å². The van der Waals surface area contributed by atoms with Gasteiger partial charge in [0, 0.05) is 31.0 Å². The highest BCUT2D eigenvalue weighted by Crippen LogP contribution is 2.31. The average Bonchev–Trinajstić information content (AvgIpc) is 2.69. The second-order valence-corrected chi connectivity index (χ2v) is 7.86. The van der Waals surface area contributed by atoms with Crippen molar-refractivity contribution in [3.05, 3.63) is 64.6 Å². The molecule has 0 amide bonds. The van der Waals surface area contributed by atoms with E-state index in [9.17, 15) is 0 Å². The van der Waals surface area contributed by atoms with E-state index in [-0.39, 0.29) is 6.10 Å². The number of ether oxygens (including phenoxy) is 1. The van der Waals surface area contributed by atoms with Gasteiger partial charge in [0.15, 0.2) is 5.82 Å². The van der Waals surface area contributed by atoms with Gasteiger partial charge in [-0.25, -0.2) is 9.97 Å². The first-order valence-electron chi connectivity index (χ1n) is 9.93. The van der Waals surface area contributed by atoms with Crippen molar-refractivity contribution in [2.45, 2.75) is 39.8 Å². The lowest BCUT2D eigenvalue weighted by molar-refractivity contribution is 0.217. The number of aromatic nitrogens is 3. The molecule has 6 heteroatoms. The summed E-state index contributed by atoms with van der Waals surface area (Å²) in [6.07, 6.45) is 6.19. The molecule has 1 aromatic carbocycles. The Kier molecular flexibility index (Phi) is 5.20. The van der Waals surface area contributed by atoms with Gasteiger partial charge in [-0.1, -0.05) is 0 Å². The van der Waals surface area contributed by atoms with Crippen molar-refractivity contribution in [3.63, 3.8) is 0 Å². The highest BCUT2D eigenvalue weighted by atomic mass is 16.5. The van der Waals surface area contributed by atoms with Crippen LogP contribution in [0, 0.1) is 13.8 Å². The van der Waals surface area contributed by atoms with Crippen LogP contribution in [-0.4, -0.2) is 33.4 Å². The third-order valence-electron chi connectivity index (χ3n) is 5.60. The molecule has 0 spiro atoms. The van der Waals surface area contributed by atoms with E-state index in [2.05, 4.69) is 41.0 Å². The molecule has 2 N–H and O–H groups in total. The van der Waals surface area contributed by atoms with Crippen LogP contribution >= 0.6 is 0 Å². The lowest BCUT2D eigenvalue weighted by Gasteiger charge is -2.27. The van der Waals surface area contributed by atoms with E-state index in [1.54, 1.807) is 12.4 Å². The number of nitrogens with zero attached hydrogens (tertiary/aromatic N) is 4. The van der Waals surface area contributed by atoms with Crippen molar-refractivity contribution >= 4 is 5.82 Å². The van der Waals surface area contributed by atoms with Gasteiger partial charge >= 0.3 is 0 Å². The molecule has 0 saturated heterocycles. The minimum absolute atomic E-state index is 0.205. The van der Waals surface area contributed by atoms with Crippen molar-refractivity contribution in [2.24, 2.45) is 0 Å². The molecule has 0 aliphatic carbocycles. The topological polar surface area (TPSA) is 77.2 Å². The average molecular weight is 390 g/mol. The zero-order valence-electron chi connectivity index (χ0n) is 17.4. The summed E-state index contributed by atoms with van der Waals surface area (Å²) in [5.74, 6) is 0.653. The molecule has 0 bridgehead atoms. The van der Waals surface area contributed by atoms with Crippen molar-refractivity contribution in [1.29, 1.82) is 0 Å². The van der Waals surface area contributed by atoms with Gasteiger partial charge in [0.2, 0.25) is 0 Å². The fourth-order valence-corrected chi connectivity index (χ4v) is 3.99. The Morgan fingerprint density at radius 2 is 2.00 bits per heavy atom. The van der Waals surface area contributed by atoms with Crippen LogP contribution in [0.5, 0.6) is 5.88 Å². The molecule has 3 heterocycles. The van der Waals surface area contributed by atoms with Gasteiger partial charge in [-0.2, -0.15) is 0 Å². The van der Waals surface area contributed by atoms with E-state index < -0.39 is 0 Å². The fraction of sp³-hybridized carbons (Fsp3) is 0.348. The normalized spacial score (nSPS) is 15.0. The summed E-state index contributed by atoms with van der Waals surface area (Å²) >= 11 is 0. The molecule has 1 unspecified atom stereocenters. The molecular formula is C23H27N5O. The molecule has 1 aliphatic rings. The molecular weight excluding hydrogens is 362 g/mol. The van der Waals surface area contributed by atoms with Gasteiger partial charge in [0.1, 0.15) is 6.10 Å². The van der Waals surface area contributed by atoms with Crippen molar-refractivity contribution < 1.29 is 4.74 Å². The highest BCUT2D eigenvalue weighted by molar-refractivity contribution is 5.64. The molecule has 0 fully saturated rings. The number of aryl methyl sites for hydroxylation is 2. The SMILES string of the molecule is Cc1cnccc1C(C)Oc1nc(-c2cc(C)c3c(c2)CN(C)CC3)cnc1N. The summed E-state index contributed by atoms with van der Waals surface area (Å²) < 4.78 is 6.10. The molecule has 0 radical (unpaired) electrons. The van der Waals surface area contributed by atoms with E-state index in [0.29, 0.717) is 11.7 Å². The van der Waals surface area contributed by atoms with Gasteiger partial charge in [0.25, 0.3) is 5.88 Å². The maximum Gasteiger partial charge on any atom is 0.258 e. The summed E-state index contributed by atoms with van der Waals surface area (Å²) in [5.41, 5.74) is 14.1. The quantitative estimate of drug-likeness (QED) is 0.730. The number of benzene rings is 1. The Hall–Kier alpha value is -2.99. The Morgan fingerprint density at radius 3 is 2.79 bits per heavy atom. The molecule has 0 saturated carbocycles. The third kappa shape index (κ3) is 3.93. The highest BCUT2D eigenvalue weighted by Gasteiger charge is 2.19. The lowest BCUT2D eigenvalue weighted by atomic mass is 9.92. The fourth-order valence-electron chi connectivity index (χ4n) is 3.99. The number of anilines is 1. The lowest BCUT2D eigenvalue weighted by Crippen LogP contribution is -2.27. The number of nitrogens with two attached hydrogens (primary N) is 1. The Morgan fingerprint density at radius 1 is 1.17 bits per heavy atom. The number of pyridine rings is 1. The van der Waals surface area contributed by atoms with Crippen LogP contribution in [0.15, 0.2) is 36.8 Å². The van der Waals surface area contributed by atoms with Crippen molar-refractivity contribution in [3.8, 4) is 17.1 Å². The number of nitrogen functional groups attached to an aromatic ring is 1. The van der Waals surface area contributed by atoms with E-state index in [4.69, 9.17) is 15.5 Å². The van der Waals surface area contributed by atoms with Crippen LogP contribution in [0.25, 0.3) is 11.3 Å². The monoisotopic (exact) mass is 389 g/mol. The minimum atomic E-state index is -0.205. The van der Waals surface area contributed by atoms with Gasteiger partial charge < -0.3 is 15.4 Å². The van der Waals surface area contributed by atoms with E-state index in [1.807, 2.05) is 26.1 Å². The summed E-state index contributed by atoms with van der Waals surface area (Å²) in [6, 6.07) is 6.36. The second kappa shape index (κ2) is 7.79. The zero-order chi connectivity index (χ0) is 20.5. The number of hydrogen-bond acceptors (Lipinski definition) is 6. The van der Waals surface area contributed by atoms with Crippen LogP contribution in [0.1, 0.15) is 40.8 Å². The van der Waals surface area contributed by atoms with Crippen LogP contribution in [-0.2, 0) is 13.0 Å². The molecule has 6 nitrogen and oxygen atoms in total. The summed E-state index contributed by atoms with van der Waals surface area (Å²) in [6.45, 7) is 8.22. The first-order chi connectivity index (χ1) is 13.9. The Balaban J connectivity index is 1.66. The number of fused-ring (bicyclic) bond motifs is 1. The molecule has 4 rings (SSSR count). The third-order valence-corrected chi connectivity index (χ3v) is 5.60. The molecule has 3 aromatic rings. The van der Waals surface area contributed by atoms with E-state index in [0.717, 1.165) is 41.9 Å². The molecule has 29 heavy (non-hydrogen) atoms. The number of likely N-dealkylation sites (N-methyl/N-ethyl adjacent to an activating group) is 1. The van der Waals surface area contributed by atoms with Crippen molar-refractivity contribution in [2.75, 3.05) is 19.3 Å². The number of hydrogen-bond donors (Lipinski definition) is 1. The van der Waals surface area contributed by atoms with Crippen LogP contribution < -0.4 is 10.5 Å². The van der Waals surface area contributed by atoms with E-state index in [1.165, 1.54) is 16.7 Å². The molecule has 2 aromatic heterocycles. The van der Waals surface area contributed by atoms with Crippen LogP contribution in [0.4, 0.5) is 5.82 Å². The van der Waals surface area contributed by atoms with Crippen LogP contribution in [0.2, 0.25) is 0 Å². The smallest absolute Gasteiger partial charge is 0.258 e. The largest absolute Gasteiger partial charge is 0.467 e. The first-order valence-corrected chi connectivity index (χ1v) is 9.93. The van der Waals surface area contributed by atoms with Crippen LogP contribution in [0.3, 0.4) is 0 Å². The maximum absolute atomic E-state index is 6.10. The van der Waals surface area contributed by atoms with Gasteiger partial charge in [-0.05, 0) is 80.3 Å². The second-order valence-electron chi connectivity index (χ2n) is 7.86. The predicted octanol–water partition coefficient (Wildman–Crippen LogP) is 3.87. The van der Waals surface area contributed by atoms with Gasteiger partial charge in [0.05, 0.1) is 11.9 Å². The van der Waals surface area contributed by atoms with Crippen molar-refractivity contribution in [1.82, 2.24) is 19.9 Å². The molecule has 1 atom stereocenters.